The molecule has 1 aromatic rings. The number of ether oxygens (including phenoxy) is 1. The van der Waals surface area contributed by atoms with Gasteiger partial charge in [-0.25, -0.2) is 4.79 Å². The summed E-state index contributed by atoms with van der Waals surface area (Å²) in [4.78, 5) is 23.8. The van der Waals surface area contributed by atoms with Crippen molar-refractivity contribution in [3.63, 3.8) is 0 Å². The number of fused-ring (bicyclic) bond motifs is 1. The third-order valence-corrected chi connectivity index (χ3v) is 8.01. The first kappa shape index (κ1) is 22.2. The van der Waals surface area contributed by atoms with Gasteiger partial charge in [-0.1, -0.05) is 5.16 Å². The number of nitrogens with zero attached hydrogens (tertiary/aromatic N) is 3. The third-order valence-electron chi connectivity index (χ3n) is 6.81. The van der Waals surface area contributed by atoms with E-state index in [4.69, 9.17) is 15.3 Å². The first-order chi connectivity index (χ1) is 16.0. The van der Waals surface area contributed by atoms with E-state index in [1.165, 1.54) is 21.7 Å². The lowest BCUT2D eigenvalue weighted by atomic mass is 9.93. The molecular formula is C25H32N4O3S. The lowest BCUT2D eigenvalue weighted by Crippen LogP contribution is -2.37. The van der Waals surface area contributed by atoms with Gasteiger partial charge in [-0.2, -0.15) is 0 Å². The molecule has 3 heterocycles. The molecule has 0 spiro atoms. The number of hydrogen-bond acceptors (Lipinski definition) is 8. The quantitative estimate of drug-likeness (QED) is 0.395. The average molecular weight is 469 g/mol. The van der Waals surface area contributed by atoms with Crippen molar-refractivity contribution in [2.75, 3.05) is 48.1 Å². The number of rotatable bonds is 5. The smallest absolute Gasteiger partial charge is 0.335 e. The summed E-state index contributed by atoms with van der Waals surface area (Å²) < 4.78 is 5.30. The summed E-state index contributed by atoms with van der Waals surface area (Å²) >= 11 is 1.95. The number of hydrogen-bond donors (Lipinski definition) is 1. The van der Waals surface area contributed by atoms with Gasteiger partial charge in [-0.3, -0.25) is 0 Å². The van der Waals surface area contributed by atoms with E-state index in [1.807, 2.05) is 24.9 Å². The highest BCUT2D eigenvalue weighted by Gasteiger charge is 2.36. The van der Waals surface area contributed by atoms with E-state index in [1.54, 1.807) is 7.11 Å². The maximum absolute atomic E-state index is 12.5. The lowest BCUT2D eigenvalue weighted by Gasteiger charge is -2.38. The molecule has 0 radical (unpaired) electrons. The summed E-state index contributed by atoms with van der Waals surface area (Å²) in [6.45, 7) is 6.12. The van der Waals surface area contributed by atoms with Crippen molar-refractivity contribution in [3.05, 3.63) is 39.4 Å². The van der Waals surface area contributed by atoms with E-state index < -0.39 is 0 Å². The first-order valence-electron chi connectivity index (χ1n) is 11.8. The maximum atomic E-state index is 12.5. The van der Waals surface area contributed by atoms with Crippen LogP contribution in [0.2, 0.25) is 0 Å². The largest absolute Gasteiger partial charge is 0.463 e. The van der Waals surface area contributed by atoms with E-state index >= 15 is 0 Å². The van der Waals surface area contributed by atoms with Gasteiger partial charge in [0.25, 0.3) is 0 Å². The summed E-state index contributed by atoms with van der Waals surface area (Å²) in [7, 11) is 1.62. The normalized spacial score (nSPS) is 21.5. The molecule has 0 unspecified atom stereocenters. The Bertz CT molecular complexity index is 1070. The van der Waals surface area contributed by atoms with Gasteiger partial charge >= 0.3 is 5.97 Å². The fourth-order valence-corrected chi connectivity index (χ4v) is 6.40. The van der Waals surface area contributed by atoms with Gasteiger partial charge in [-0.15, -0.1) is 11.8 Å². The van der Waals surface area contributed by atoms with Crippen LogP contribution in [0, 0.1) is 6.92 Å². The van der Waals surface area contributed by atoms with Crippen LogP contribution in [0.25, 0.3) is 0 Å². The van der Waals surface area contributed by atoms with E-state index in [0.29, 0.717) is 24.6 Å². The van der Waals surface area contributed by atoms with Crippen molar-refractivity contribution in [2.24, 2.45) is 5.16 Å². The zero-order valence-electron chi connectivity index (χ0n) is 19.6. The van der Waals surface area contributed by atoms with Gasteiger partial charge in [0.1, 0.15) is 7.11 Å². The van der Waals surface area contributed by atoms with E-state index in [9.17, 15) is 4.79 Å². The first-order valence-corrected chi connectivity index (χ1v) is 12.8. The van der Waals surface area contributed by atoms with Gasteiger partial charge < -0.3 is 25.1 Å². The zero-order chi connectivity index (χ0) is 23.1. The van der Waals surface area contributed by atoms with Crippen LogP contribution in [0.3, 0.4) is 0 Å². The van der Waals surface area contributed by atoms with Crippen LogP contribution >= 0.6 is 11.8 Å². The summed E-state index contributed by atoms with van der Waals surface area (Å²) in [6, 6.07) is 2.51. The molecule has 0 amide bonds. The Balaban J connectivity index is 1.52. The molecule has 0 bridgehead atoms. The molecule has 2 N–H and O–H groups in total. The molecule has 3 aliphatic heterocycles. The summed E-state index contributed by atoms with van der Waals surface area (Å²) in [5.74, 6) is 0.830. The Morgan fingerprint density at radius 2 is 2.12 bits per heavy atom. The topological polar surface area (TPSA) is 80.4 Å². The van der Waals surface area contributed by atoms with Crippen LogP contribution in [0.1, 0.15) is 43.7 Å². The maximum Gasteiger partial charge on any atom is 0.335 e. The second-order valence-corrected chi connectivity index (χ2v) is 10.2. The summed E-state index contributed by atoms with van der Waals surface area (Å²) in [6.07, 6.45) is 6.78. The van der Waals surface area contributed by atoms with Crippen molar-refractivity contribution >= 4 is 40.5 Å². The number of carbonyl (C=O) groups is 1. The van der Waals surface area contributed by atoms with Crippen LogP contribution in [-0.4, -0.2) is 50.3 Å². The highest BCUT2D eigenvalue weighted by atomic mass is 32.2. The number of carbonyl (C=O) groups excluding carboxylic acids is 1. The molecule has 0 saturated heterocycles. The minimum absolute atomic E-state index is 0.232. The zero-order valence-corrected chi connectivity index (χ0v) is 20.5. The Morgan fingerprint density at radius 1 is 1.30 bits per heavy atom. The Morgan fingerprint density at radius 3 is 2.85 bits per heavy atom. The summed E-state index contributed by atoms with van der Waals surface area (Å²) in [5.41, 5.74) is 15.1. The monoisotopic (exact) mass is 468 g/mol. The van der Waals surface area contributed by atoms with E-state index in [2.05, 4.69) is 27.9 Å². The predicted molar refractivity (Wildman–Crippen MR) is 135 cm³/mol. The molecule has 7 nitrogen and oxygen atoms in total. The lowest BCUT2D eigenvalue weighted by molar-refractivity contribution is -0.138. The molecule has 0 atom stereocenters. The number of thioether (sulfide) groups is 1. The molecule has 176 valence electrons. The molecule has 1 aliphatic carbocycles. The molecule has 1 saturated carbocycles. The van der Waals surface area contributed by atoms with Gasteiger partial charge in [0, 0.05) is 55.2 Å². The van der Waals surface area contributed by atoms with Crippen LogP contribution in [0.5, 0.6) is 0 Å². The number of nitrogens with two attached hydrogens (primary N) is 1. The molecule has 4 aliphatic rings. The van der Waals surface area contributed by atoms with Gasteiger partial charge in [0.05, 0.1) is 29.3 Å². The Kier molecular flexibility index (Phi) is 6.03. The number of anilines is 3. The minimum Gasteiger partial charge on any atom is -0.463 e. The average Bonchev–Trinajstić information content (AvgIpc) is 3.64. The van der Waals surface area contributed by atoms with Crippen molar-refractivity contribution in [3.8, 4) is 0 Å². The van der Waals surface area contributed by atoms with E-state index in [-0.39, 0.29) is 5.97 Å². The molecule has 1 aromatic carbocycles. The molecule has 8 heteroatoms. The Hall–Kier alpha value is -2.61. The Labute approximate surface area is 199 Å². The van der Waals surface area contributed by atoms with Gasteiger partial charge in [0.15, 0.2) is 0 Å². The van der Waals surface area contributed by atoms with Crippen molar-refractivity contribution in [1.82, 2.24) is 0 Å². The van der Waals surface area contributed by atoms with Crippen LogP contribution in [0.15, 0.2) is 33.5 Å². The van der Waals surface area contributed by atoms with Crippen molar-refractivity contribution in [2.45, 2.75) is 52.0 Å². The minimum atomic E-state index is -0.232. The predicted octanol–water partition coefficient (Wildman–Crippen LogP) is 4.15. The number of benzene rings is 1. The summed E-state index contributed by atoms with van der Waals surface area (Å²) in [5, 5.41) is 4.32. The fourth-order valence-electron chi connectivity index (χ4n) is 5.26. The fraction of sp³-hybridized carbons (Fsp3) is 0.520. The standard InChI is InChI=1S/C25H32N4O3S/c1-4-32-25(30)17-11-16-12-20(26)24(15(2)23(16)29(13-17)18-5-6-18)28-9-7-22-19(14-28)21(27-31-3)8-10-33-22/h12-13,18H,4-11,14,26H2,1-3H3/b27-21-. The highest BCUT2D eigenvalue weighted by molar-refractivity contribution is 8.03. The third kappa shape index (κ3) is 4.09. The SMILES string of the molecule is CCOC(=O)C1=CN(C2CC2)c2c(cc(N)c(N3CCC4=C(C3)/C(=N\OC)CCS4)c2C)C1. The molecular weight excluding hydrogens is 436 g/mol. The number of esters is 1. The number of nitrogen functional groups attached to an aromatic ring is 1. The van der Waals surface area contributed by atoms with Crippen LogP contribution in [0.4, 0.5) is 17.1 Å². The molecule has 5 rings (SSSR count). The second-order valence-electron chi connectivity index (χ2n) is 9.03. The molecule has 0 aromatic heterocycles. The molecule has 1 fully saturated rings. The second kappa shape index (κ2) is 8.97. The van der Waals surface area contributed by atoms with Gasteiger partial charge in [-0.05, 0) is 55.2 Å². The number of oxime groups is 1. The van der Waals surface area contributed by atoms with Crippen LogP contribution in [-0.2, 0) is 20.8 Å². The highest BCUT2D eigenvalue weighted by Crippen LogP contribution is 2.46. The van der Waals surface area contributed by atoms with Crippen molar-refractivity contribution in [1.29, 1.82) is 0 Å². The van der Waals surface area contributed by atoms with E-state index in [0.717, 1.165) is 67.2 Å². The van der Waals surface area contributed by atoms with Gasteiger partial charge in [0.2, 0.25) is 0 Å². The van der Waals surface area contributed by atoms with Crippen LogP contribution < -0.4 is 15.5 Å². The molecule has 33 heavy (non-hydrogen) atoms. The van der Waals surface area contributed by atoms with Crippen molar-refractivity contribution < 1.29 is 14.4 Å².